The average Bonchev–Trinajstić information content (AvgIpc) is 2.65. The standard InChI is InChI=1S/C25H51O/c1-5-9-12-14-16-18-22-25(21-8-4,24(26)20-11-7-3)23-19-17-15-13-10-6-2/h24H,5-23H2,1-4H3. The molecule has 0 saturated heterocycles. The van der Waals surface area contributed by atoms with E-state index in [0.29, 0.717) is 0 Å². The molecule has 0 rings (SSSR count). The molecule has 1 atom stereocenters. The van der Waals surface area contributed by atoms with E-state index in [1.807, 2.05) is 0 Å². The van der Waals surface area contributed by atoms with E-state index >= 15 is 0 Å². The van der Waals surface area contributed by atoms with Gasteiger partial charge in [-0.25, -0.2) is 5.11 Å². The van der Waals surface area contributed by atoms with Crippen molar-refractivity contribution >= 4 is 0 Å². The Morgan fingerprint density at radius 1 is 0.500 bits per heavy atom. The Morgan fingerprint density at radius 2 is 0.923 bits per heavy atom. The minimum atomic E-state index is -0.325. The Balaban J connectivity index is 4.56. The molecule has 1 nitrogen and oxygen atoms in total. The molecule has 0 N–H and O–H groups in total. The van der Waals surface area contributed by atoms with Crippen molar-refractivity contribution in [1.29, 1.82) is 0 Å². The first-order valence-electron chi connectivity index (χ1n) is 12.3. The minimum absolute atomic E-state index is 0.0967. The lowest BCUT2D eigenvalue weighted by molar-refractivity contribution is -0.0535. The molecule has 26 heavy (non-hydrogen) atoms. The van der Waals surface area contributed by atoms with Gasteiger partial charge in [0, 0.05) is 0 Å². The minimum Gasteiger partial charge on any atom is -0.233 e. The maximum atomic E-state index is 13.2. The Kier molecular flexibility index (Phi) is 18.3. The van der Waals surface area contributed by atoms with Gasteiger partial charge in [-0.15, -0.1) is 0 Å². The third-order valence-electron chi connectivity index (χ3n) is 6.31. The van der Waals surface area contributed by atoms with Crippen LogP contribution < -0.4 is 0 Å². The molecule has 0 aliphatic carbocycles. The quantitative estimate of drug-likeness (QED) is 0.191. The van der Waals surface area contributed by atoms with Gasteiger partial charge in [-0.3, -0.25) is 0 Å². The molecular formula is C25H51O. The lowest BCUT2D eigenvalue weighted by atomic mass is 9.69. The van der Waals surface area contributed by atoms with Crippen LogP contribution in [-0.4, -0.2) is 6.10 Å². The molecule has 1 heteroatoms. The van der Waals surface area contributed by atoms with Crippen LogP contribution in [0.1, 0.15) is 150 Å². The molecule has 0 bridgehead atoms. The predicted octanol–water partition coefficient (Wildman–Crippen LogP) is 9.26. The summed E-state index contributed by atoms with van der Waals surface area (Å²) in [4.78, 5) is 0. The molecule has 0 amide bonds. The van der Waals surface area contributed by atoms with Gasteiger partial charge in [-0.05, 0) is 31.1 Å². The maximum Gasteiger partial charge on any atom is 0.0986 e. The summed E-state index contributed by atoms with van der Waals surface area (Å²) in [6.45, 7) is 9.06. The second-order valence-corrected chi connectivity index (χ2v) is 8.78. The average molecular weight is 368 g/mol. The molecule has 0 aromatic carbocycles. The SMILES string of the molecule is CCCCCCCCC(CCC)(CCCCCCCC)C([O])CCCC. The van der Waals surface area contributed by atoms with Crippen LogP contribution >= 0.6 is 0 Å². The molecule has 0 aromatic rings. The van der Waals surface area contributed by atoms with E-state index in [2.05, 4.69) is 27.7 Å². The zero-order valence-electron chi connectivity index (χ0n) is 18.9. The summed E-state index contributed by atoms with van der Waals surface area (Å²) in [5.74, 6) is 0. The fraction of sp³-hybridized carbons (Fsp3) is 1.00. The van der Waals surface area contributed by atoms with Crippen LogP contribution in [0.4, 0.5) is 0 Å². The summed E-state index contributed by atoms with van der Waals surface area (Å²) >= 11 is 0. The van der Waals surface area contributed by atoms with E-state index in [-0.39, 0.29) is 11.5 Å². The van der Waals surface area contributed by atoms with Crippen LogP contribution in [-0.2, 0) is 5.11 Å². The van der Waals surface area contributed by atoms with Crippen molar-refractivity contribution < 1.29 is 5.11 Å². The molecule has 0 saturated carbocycles. The fourth-order valence-electron chi connectivity index (χ4n) is 4.57. The molecule has 1 unspecified atom stereocenters. The van der Waals surface area contributed by atoms with Gasteiger partial charge in [0.05, 0.1) is 6.10 Å². The smallest absolute Gasteiger partial charge is 0.0986 e. The number of unbranched alkanes of at least 4 members (excludes halogenated alkanes) is 11. The number of hydrogen-bond acceptors (Lipinski definition) is 0. The third-order valence-corrected chi connectivity index (χ3v) is 6.31. The van der Waals surface area contributed by atoms with Crippen molar-refractivity contribution in [1.82, 2.24) is 0 Å². The Morgan fingerprint density at radius 3 is 1.35 bits per heavy atom. The van der Waals surface area contributed by atoms with E-state index in [1.165, 1.54) is 96.3 Å². The van der Waals surface area contributed by atoms with Crippen molar-refractivity contribution in [2.45, 2.75) is 156 Å². The molecule has 0 heterocycles. The van der Waals surface area contributed by atoms with Gasteiger partial charge in [0.2, 0.25) is 0 Å². The van der Waals surface area contributed by atoms with Gasteiger partial charge in [0.15, 0.2) is 0 Å². The van der Waals surface area contributed by atoms with E-state index in [0.717, 1.165) is 25.7 Å². The van der Waals surface area contributed by atoms with Crippen molar-refractivity contribution in [2.75, 3.05) is 0 Å². The third kappa shape index (κ3) is 12.4. The van der Waals surface area contributed by atoms with Gasteiger partial charge in [0.25, 0.3) is 0 Å². The summed E-state index contributed by atoms with van der Waals surface area (Å²) in [5, 5.41) is 13.2. The number of rotatable bonds is 20. The normalized spacial score (nSPS) is 13.3. The van der Waals surface area contributed by atoms with E-state index in [4.69, 9.17) is 0 Å². The molecule has 0 aromatic heterocycles. The lowest BCUT2D eigenvalue weighted by Gasteiger charge is -2.38. The maximum absolute atomic E-state index is 13.2. The van der Waals surface area contributed by atoms with Gasteiger partial charge >= 0.3 is 0 Å². The van der Waals surface area contributed by atoms with Gasteiger partial charge in [-0.2, -0.15) is 0 Å². The highest BCUT2D eigenvalue weighted by atomic mass is 16.3. The summed E-state index contributed by atoms with van der Waals surface area (Å²) in [5.41, 5.74) is 0.0967. The summed E-state index contributed by atoms with van der Waals surface area (Å²) in [6.07, 6.45) is 23.7. The van der Waals surface area contributed by atoms with Gasteiger partial charge in [0.1, 0.15) is 0 Å². The van der Waals surface area contributed by atoms with E-state index in [1.54, 1.807) is 0 Å². The van der Waals surface area contributed by atoms with Crippen molar-refractivity contribution in [2.24, 2.45) is 5.41 Å². The second kappa shape index (κ2) is 18.3. The monoisotopic (exact) mass is 367 g/mol. The van der Waals surface area contributed by atoms with Crippen LogP contribution in [0.5, 0.6) is 0 Å². The van der Waals surface area contributed by atoms with E-state index in [9.17, 15) is 5.11 Å². The zero-order chi connectivity index (χ0) is 19.5. The van der Waals surface area contributed by atoms with Crippen LogP contribution in [0, 0.1) is 5.41 Å². The highest BCUT2D eigenvalue weighted by Gasteiger charge is 2.36. The lowest BCUT2D eigenvalue weighted by Crippen LogP contribution is -2.34. The van der Waals surface area contributed by atoms with Crippen LogP contribution in [0.25, 0.3) is 0 Å². The van der Waals surface area contributed by atoms with E-state index < -0.39 is 0 Å². The zero-order valence-corrected chi connectivity index (χ0v) is 18.9. The highest BCUT2D eigenvalue weighted by Crippen LogP contribution is 2.42. The first kappa shape index (κ1) is 26.0. The largest absolute Gasteiger partial charge is 0.233 e. The second-order valence-electron chi connectivity index (χ2n) is 8.78. The molecule has 1 radical (unpaired) electrons. The first-order valence-corrected chi connectivity index (χ1v) is 12.3. The Labute approximate surface area is 166 Å². The molecule has 0 aliphatic rings. The Hall–Kier alpha value is -0.0400. The Bertz CT molecular complexity index is 257. The van der Waals surface area contributed by atoms with Crippen molar-refractivity contribution in [3.8, 4) is 0 Å². The molecular weight excluding hydrogens is 316 g/mol. The van der Waals surface area contributed by atoms with Crippen molar-refractivity contribution in [3.05, 3.63) is 0 Å². The predicted molar refractivity (Wildman–Crippen MR) is 117 cm³/mol. The molecule has 0 fully saturated rings. The van der Waals surface area contributed by atoms with Crippen molar-refractivity contribution in [3.63, 3.8) is 0 Å². The van der Waals surface area contributed by atoms with Gasteiger partial charge < -0.3 is 0 Å². The molecule has 0 spiro atoms. The number of hydrogen-bond donors (Lipinski definition) is 0. The first-order chi connectivity index (χ1) is 12.7. The van der Waals surface area contributed by atoms with Crippen LogP contribution in [0.3, 0.4) is 0 Å². The summed E-state index contributed by atoms with van der Waals surface area (Å²) in [6, 6.07) is 0. The fourth-order valence-corrected chi connectivity index (χ4v) is 4.57. The molecule has 0 aliphatic heterocycles. The topological polar surface area (TPSA) is 19.9 Å². The van der Waals surface area contributed by atoms with Gasteiger partial charge in [-0.1, -0.05) is 124 Å². The highest BCUT2D eigenvalue weighted by molar-refractivity contribution is 4.86. The summed E-state index contributed by atoms with van der Waals surface area (Å²) in [7, 11) is 0. The van der Waals surface area contributed by atoms with Crippen LogP contribution in [0.15, 0.2) is 0 Å². The van der Waals surface area contributed by atoms with Crippen LogP contribution in [0.2, 0.25) is 0 Å². The molecule has 157 valence electrons. The summed E-state index contributed by atoms with van der Waals surface area (Å²) < 4.78 is 0.